The molecule has 1 aliphatic carbocycles. The first-order valence-electron chi connectivity index (χ1n) is 12.9. The second kappa shape index (κ2) is 11.0. The molecular weight excluding hydrogens is 543 g/mol. The molecule has 214 valence electrons. The Morgan fingerprint density at radius 1 is 0.951 bits per heavy atom. The number of carbonyl (C=O) groups is 3. The minimum Gasteiger partial charge on any atom is -0.618 e. The van der Waals surface area contributed by atoms with Gasteiger partial charge >= 0.3 is 18.1 Å². The average molecular weight is 570 g/mol. The zero-order valence-electron chi connectivity index (χ0n) is 21.8. The number of fused-ring (bicyclic) bond motifs is 3. The molecule has 2 aliphatic heterocycles. The number of alkyl halides is 3. The number of piperidine rings is 2. The van der Waals surface area contributed by atoms with Crippen LogP contribution < -0.4 is 30.3 Å². The Kier molecular flexibility index (Phi) is 7.43. The van der Waals surface area contributed by atoms with E-state index in [1.165, 1.54) is 60.5 Å². The molecule has 0 atom stereocenters. The second-order valence-corrected chi connectivity index (χ2v) is 9.80. The first kappa shape index (κ1) is 27.7. The van der Waals surface area contributed by atoms with Crippen LogP contribution >= 0.6 is 0 Å². The van der Waals surface area contributed by atoms with E-state index in [0.29, 0.717) is 41.9 Å². The van der Waals surface area contributed by atoms with Gasteiger partial charge in [0.25, 0.3) is 5.69 Å². The number of carbonyl (C=O) groups excluding carboxylic acids is 3. The van der Waals surface area contributed by atoms with Crippen LogP contribution in [-0.2, 0) is 11.0 Å². The molecule has 1 saturated carbocycles. The molecule has 2 aromatic carbocycles. The minimum atomic E-state index is -4.73. The van der Waals surface area contributed by atoms with Gasteiger partial charge in [-0.05, 0) is 68.1 Å². The third kappa shape index (κ3) is 5.88. The van der Waals surface area contributed by atoms with Gasteiger partial charge in [-0.3, -0.25) is 9.59 Å². The van der Waals surface area contributed by atoms with E-state index in [4.69, 9.17) is 4.74 Å². The number of benzene rings is 2. The van der Waals surface area contributed by atoms with E-state index >= 15 is 0 Å². The molecule has 41 heavy (non-hydrogen) atoms. The molecule has 1 aromatic heterocycles. The first-order chi connectivity index (χ1) is 19.5. The van der Waals surface area contributed by atoms with Crippen molar-refractivity contribution in [2.45, 2.75) is 37.9 Å². The molecule has 0 spiro atoms. The summed E-state index contributed by atoms with van der Waals surface area (Å²) < 4.78 is 48.1. The Morgan fingerprint density at radius 3 is 2.24 bits per heavy atom. The number of aromatic nitrogens is 1. The fraction of sp³-hybridized carbons (Fsp3) is 0.286. The SMILES string of the molecule is CNC(=O)c1cc(Oc2ccc(NC(=O)Nc3ccc(N4C(=O)C5CCC4CC5)c(C(F)(F)F)c3)cc2)cc[n+]1[O-]. The summed E-state index contributed by atoms with van der Waals surface area (Å²) in [4.78, 5) is 38.4. The summed E-state index contributed by atoms with van der Waals surface area (Å²) in [6.07, 6.45) is -0.873. The van der Waals surface area contributed by atoms with Crippen molar-refractivity contribution >= 4 is 34.9 Å². The van der Waals surface area contributed by atoms with E-state index < -0.39 is 23.7 Å². The maximum atomic E-state index is 14.0. The molecule has 3 aliphatic rings. The Hall–Kier alpha value is -4.81. The van der Waals surface area contributed by atoms with Crippen LogP contribution in [0.25, 0.3) is 0 Å². The predicted molar refractivity (Wildman–Crippen MR) is 143 cm³/mol. The molecule has 0 unspecified atom stereocenters. The molecule has 3 aromatic rings. The van der Waals surface area contributed by atoms with Crippen molar-refractivity contribution in [2.24, 2.45) is 5.92 Å². The number of halogens is 3. The summed E-state index contributed by atoms with van der Waals surface area (Å²) in [7, 11) is 1.39. The van der Waals surface area contributed by atoms with Crippen LogP contribution in [0.15, 0.2) is 60.8 Å². The number of hydrogen-bond acceptors (Lipinski definition) is 5. The van der Waals surface area contributed by atoms with Crippen molar-refractivity contribution in [3.63, 3.8) is 0 Å². The van der Waals surface area contributed by atoms with Gasteiger partial charge in [-0.15, -0.1) is 0 Å². The third-order valence-corrected chi connectivity index (χ3v) is 7.17. The fourth-order valence-corrected chi connectivity index (χ4v) is 5.18. The Morgan fingerprint density at radius 2 is 1.61 bits per heavy atom. The standard InChI is InChI=1S/C28H26F3N5O5/c1-32-25(37)24-15-21(12-13-35(24)40)41-20-9-4-17(5-10-20)33-27(39)34-18-6-11-23(22(14-18)28(29,30)31)36-19-7-2-16(3-8-19)26(36)38/h4-6,9-16,19H,2-3,7-8H2,1H3,(H,32,37)(H2,33,34,39). The lowest BCUT2D eigenvalue weighted by Crippen LogP contribution is -2.53. The predicted octanol–water partition coefficient (Wildman–Crippen LogP) is 5.04. The second-order valence-electron chi connectivity index (χ2n) is 9.80. The van der Waals surface area contributed by atoms with Crippen LogP contribution in [0, 0.1) is 11.1 Å². The van der Waals surface area contributed by atoms with Crippen LogP contribution in [0.1, 0.15) is 41.7 Å². The molecule has 3 fully saturated rings. The van der Waals surface area contributed by atoms with Gasteiger partial charge in [-0.25, -0.2) is 4.79 Å². The van der Waals surface area contributed by atoms with Crippen molar-refractivity contribution in [2.75, 3.05) is 22.6 Å². The molecule has 6 rings (SSSR count). The number of rotatable bonds is 6. The maximum Gasteiger partial charge on any atom is 0.418 e. The van der Waals surface area contributed by atoms with Crippen molar-refractivity contribution in [1.82, 2.24) is 5.32 Å². The van der Waals surface area contributed by atoms with Gasteiger partial charge in [0.05, 0.1) is 17.3 Å². The van der Waals surface area contributed by atoms with Gasteiger partial charge in [-0.1, -0.05) is 0 Å². The highest BCUT2D eigenvalue weighted by Gasteiger charge is 2.44. The zero-order chi connectivity index (χ0) is 29.3. The lowest BCUT2D eigenvalue weighted by atomic mass is 9.78. The number of nitrogens with zero attached hydrogens (tertiary/aromatic N) is 2. The summed E-state index contributed by atoms with van der Waals surface area (Å²) in [5.41, 5.74) is -1.09. The number of hydrogen-bond donors (Lipinski definition) is 3. The summed E-state index contributed by atoms with van der Waals surface area (Å²) in [5.74, 6) is -0.540. The van der Waals surface area contributed by atoms with E-state index in [9.17, 15) is 32.8 Å². The highest BCUT2D eigenvalue weighted by molar-refractivity contribution is 6.01. The number of amides is 4. The first-order valence-corrected chi connectivity index (χ1v) is 12.9. The van der Waals surface area contributed by atoms with Gasteiger partial charge in [0.2, 0.25) is 5.91 Å². The number of anilines is 3. The van der Waals surface area contributed by atoms with Gasteiger partial charge in [0, 0.05) is 36.4 Å². The van der Waals surface area contributed by atoms with Crippen LogP contribution in [0.5, 0.6) is 11.5 Å². The Labute approximate surface area is 232 Å². The Bertz CT molecular complexity index is 1490. The smallest absolute Gasteiger partial charge is 0.418 e. The molecule has 3 heterocycles. The van der Waals surface area contributed by atoms with E-state index in [0.717, 1.165) is 12.3 Å². The van der Waals surface area contributed by atoms with E-state index in [1.807, 2.05) is 0 Å². The van der Waals surface area contributed by atoms with Crippen LogP contribution in [-0.4, -0.2) is 30.9 Å². The monoisotopic (exact) mass is 569 g/mol. The average Bonchev–Trinajstić information content (AvgIpc) is 2.95. The molecule has 3 N–H and O–H groups in total. The third-order valence-electron chi connectivity index (χ3n) is 7.17. The van der Waals surface area contributed by atoms with E-state index in [-0.39, 0.29) is 40.7 Å². The molecule has 2 saturated heterocycles. The zero-order valence-corrected chi connectivity index (χ0v) is 21.8. The Balaban J connectivity index is 1.26. The minimum absolute atomic E-state index is 0.0836. The quantitative estimate of drug-likeness (QED) is 0.283. The van der Waals surface area contributed by atoms with E-state index in [2.05, 4.69) is 16.0 Å². The van der Waals surface area contributed by atoms with Crippen LogP contribution in [0.2, 0.25) is 0 Å². The summed E-state index contributed by atoms with van der Waals surface area (Å²) in [6, 6.07) is 11.1. The van der Waals surface area contributed by atoms with Crippen molar-refractivity contribution < 1.29 is 37.0 Å². The normalized spacial score (nSPS) is 18.1. The number of pyridine rings is 1. The summed E-state index contributed by atoms with van der Waals surface area (Å²) in [6.45, 7) is 0. The molecule has 10 nitrogen and oxygen atoms in total. The molecule has 2 bridgehead atoms. The molecule has 13 heteroatoms. The molecular formula is C28H26F3N5O5. The number of ether oxygens (including phenoxy) is 1. The molecule has 4 amide bonds. The van der Waals surface area contributed by atoms with Gasteiger partial charge in [0.15, 0.2) is 6.20 Å². The lowest BCUT2D eigenvalue weighted by molar-refractivity contribution is -0.607. The van der Waals surface area contributed by atoms with Crippen molar-refractivity contribution in [3.05, 3.63) is 77.3 Å². The highest BCUT2D eigenvalue weighted by atomic mass is 19.4. The molecule has 0 radical (unpaired) electrons. The lowest BCUT2D eigenvalue weighted by Gasteiger charge is -2.45. The van der Waals surface area contributed by atoms with Gasteiger partial charge < -0.3 is 30.8 Å². The van der Waals surface area contributed by atoms with Crippen molar-refractivity contribution in [1.29, 1.82) is 0 Å². The van der Waals surface area contributed by atoms with Crippen LogP contribution in [0.4, 0.5) is 35.0 Å². The topological polar surface area (TPSA) is 127 Å². The number of nitrogens with one attached hydrogen (secondary N) is 3. The van der Waals surface area contributed by atoms with E-state index in [1.54, 1.807) is 0 Å². The van der Waals surface area contributed by atoms with Gasteiger partial charge in [-0.2, -0.15) is 17.9 Å². The fourth-order valence-electron chi connectivity index (χ4n) is 5.18. The summed E-state index contributed by atoms with van der Waals surface area (Å²) in [5, 5.41) is 19.1. The van der Waals surface area contributed by atoms with Crippen molar-refractivity contribution in [3.8, 4) is 11.5 Å². The van der Waals surface area contributed by atoms with Crippen LogP contribution in [0.3, 0.4) is 0 Å². The summed E-state index contributed by atoms with van der Waals surface area (Å²) >= 11 is 0. The highest BCUT2D eigenvalue weighted by Crippen LogP contribution is 2.44. The largest absolute Gasteiger partial charge is 0.618 e. The van der Waals surface area contributed by atoms with Gasteiger partial charge in [0.1, 0.15) is 11.5 Å². The number of urea groups is 1. The maximum absolute atomic E-state index is 14.0.